The van der Waals surface area contributed by atoms with Gasteiger partial charge in [0.25, 0.3) is 0 Å². The third-order valence-corrected chi connectivity index (χ3v) is 4.90. The molecule has 2 aromatic carbocycles. The lowest BCUT2D eigenvalue weighted by molar-refractivity contribution is 0.221. The summed E-state index contributed by atoms with van der Waals surface area (Å²) in [6.45, 7) is 5.21. The number of fused-ring (bicyclic) bond motifs is 1. The van der Waals surface area contributed by atoms with Crippen LogP contribution < -0.4 is 15.0 Å². The van der Waals surface area contributed by atoms with Gasteiger partial charge in [-0.25, -0.2) is 0 Å². The van der Waals surface area contributed by atoms with E-state index in [1.165, 1.54) is 16.8 Å². The molecule has 2 aliphatic rings. The zero-order valence-electron chi connectivity index (χ0n) is 13.5. The molecular formula is C20H24N2O. The molecule has 23 heavy (non-hydrogen) atoms. The molecule has 3 heteroatoms. The summed E-state index contributed by atoms with van der Waals surface area (Å²) in [5.74, 6) is 1.65. The maximum atomic E-state index is 5.91. The number of para-hydroxylation sites is 1. The highest BCUT2D eigenvalue weighted by Gasteiger charge is 2.20. The van der Waals surface area contributed by atoms with Gasteiger partial charge in [0.15, 0.2) is 0 Å². The minimum absolute atomic E-state index is 0.579. The van der Waals surface area contributed by atoms with E-state index in [2.05, 4.69) is 52.7 Å². The van der Waals surface area contributed by atoms with Crippen molar-refractivity contribution in [2.24, 2.45) is 5.92 Å². The van der Waals surface area contributed by atoms with Gasteiger partial charge in [-0.15, -0.1) is 0 Å². The molecular weight excluding hydrogens is 284 g/mol. The van der Waals surface area contributed by atoms with E-state index in [0.29, 0.717) is 5.92 Å². The van der Waals surface area contributed by atoms with Crippen LogP contribution >= 0.6 is 0 Å². The minimum Gasteiger partial charge on any atom is -0.493 e. The molecule has 0 amide bonds. The average Bonchev–Trinajstić information content (AvgIpc) is 2.63. The minimum atomic E-state index is 0.579. The van der Waals surface area contributed by atoms with Crippen molar-refractivity contribution >= 4 is 5.69 Å². The molecule has 0 spiro atoms. The lowest BCUT2D eigenvalue weighted by Gasteiger charge is -2.29. The summed E-state index contributed by atoms with van der Waals surface area (Å²) >= 11 is 0. The summed E-state index contributed by atoms with van der Waals surface area (Å²) < 4.78 is 5.91. The lowest BCUT2D eigenvalue weighted by Crippen LogP contribution is -2.43. The molecule has 3 nitrogen and oxygen atoms in total. The van der Waals surface area contributed by atoms with Gasteiger partial charge in [-0.1, -0.05) is 30.3 Å². The maximum absolute atomic E-state index is 5.91. The zero-order valence-corrected chi connectivity index (χ0v) is 13.5. The van der Waals surface area contributed by atoms with Crippen molar-refractivity contribution in [2.45, 2.75) is 12.8 Å². The highest BCUT2D eigenvalue weighted by molar-refractivity contribution is 5.48. The van der Waals surface area contributed by atoms with Gasteiger partial charge in [-0.2, -0.15) is 0 Å². The number of hydrogen-bond acceptors (Lipinski definition) is 3. The third-order valence-electron chi connectivity index (χ3n) is 4.90. The number of hydrogen-bond donors (Lipinski definition) is 1. The van der Waals surface area contributed by atoms with Crippen molar-refractivity contribution in [3.05, 3.63) is 59.7 Å². The van der Waals surface area contributed by atoms with Gasteiger partial charge in [0.2, 0.25) is 0 Å². The van der Waals surface area contributed by atoms with E-state index in [0.717, 1.165) is 51.4 Å². The highest BCUT2D eigenvalue weighted by atomic mass is 16.5. The molecule has 1 atom stereocenters. The summed E-state index contributed by atoms with van der Waals surface area (Å²) in [5, 5.41) is 3.40. The first-order chi connectivity index (χ1) is 11.4. The first kappa shape index (κ1) is 14.6. The number of benzene rings is 2. The summed E-state index contributed by atoms with van der Waals surface area (Å²) in [5.41, 5.74) is 4.11. The van der Waals surface area contributed by atoms with Gasteiger partial charge < -0.3 is 15.0 Å². The van der Waals surface area contributed by atoms with Crippen LogP contribution in [-0.4, -0.2) is 32.8 Å². The number of nitrogens with zero attached hydrogens (tertiary/aromatic N) is 1. The predicted octanol–water partition coefficient (Wildman–Crippen LogP) is 2.89. The van der Waals surface area contributed by atoms with Crippen LogP contribution in [0.5, 0.6) is 5.75 Å². The van der Waals surface area contributed by atoms with E-state index in [1.54, 1.807) is 0 Å². The molecule has 0 aromatic heterocycles. The van der Waals surface area contributed by atoms with E-state index in [4.69, 9.17) is 4.74 Å². The van der Waals surface area contributed by atoms with E-state index in [9.17, 15) is 0 Å². The fourth-order valence-electron chi connectivity index (χ4n) is 3.62. The first-order valence-corrected chi connectivity index (χ1v) is 8.64. The average molecular weight is 308 g/mol. The second-order valence-electron chi connectivity index (χ2n) is 6.60. The smallest absolute Gasteiger partial charge is 0.122 e. The van der Waals surface area contributed by atoms with Crippen molar-refractivity contribution in [1.82, 2.24) is 5.32 Å². The Hall–Kier alpha value is -2.00. The van der Waals surface area contributed by atoms with E-state index < -0.39 is 0 Å². The Morgan fingerprint density at radius 3 is 2.61 bits per heavy atom. The fraction of sp³-hybridized carbons (Fsp3) is 0.400. The van der Waals surface area contributed by atoms with Gasteiger partial charge in [0.1, 0.15) is 5.75 Å². The molecule has 2 heterocycles. The number of nitrogens with one attached hydrogen (secondary N) is 1. The van der Waals surface area contributed by atoms with E-state index >= 15 is 0 Å². The topological polar surface area (TPSA) is 24.5 Å². The largest absolute Gasteiger partial charge is 0.493 e. The molecule has 2 aliphatic heterocycles. The quantitative estimate of drug-likeness (QED) is 0.943. The Bertz CT molecular complexity index is 647. The zero-order chi connectivity index (χ0) is 15.5. The number of anilines is 1. The number of piperazine rings is 1. The SMILES string of the molecule is c1ccc2c(c1)C[C@H](Cc1ccc(N3CCNCC3)cc1)CO2. The molecule has 1 fully saturated rings. The molecule has 0 unspecified atom stereocenters. The summed E-state index contributed by atoms with van der Waals surface area (Å²) in [6.07, 6.45) is 2.21. The van der Waals surface area contributed by atoms with Crippen LogP contribution in [0.15, 0.2) is 48.5 Å². The van der Waals surface area contributed by atoms with Crippen molar-refractivity contribution in [1.29, 1.82) is 0 Å². The van der Waals surface area contributed by atoms with E-state index in [1.807, 2.05) is 6.07 Å². The standard InChI is InChI=1S/C20H24N2O/c1-2-4-20-18(3-1)14-17(15-23-20)13-16-5-7-19(8-6-16)22-11-9-21-10-12-22/h1-8,17,21H,9-15H2/t17-/m0/s1. The second kappa shape index (κ2) is 6.63. The monoisotopic (exact) mass is 308 g/mol. The Morgan fingerprint density at radius 2 is 1.78 bits per heavy atom. The Labute approximate surface area is 138 Å². The summed E-state index contributed by atoms with van der Waals surface area (Å²) in [7, 11) is 0. The molecule has 4 rings (SSSR count). The molecule has 1 saturated heterocycles. The predicted molar refractivity (Wildman–Crippen MR) is 94.4 cm³/mol. The number of rotatable bonds is 3. The molecule has 0 saturated carbocycles. The molecule has 0 bridgehead atoms. The summed E-state index contributed by atoms with van der Waals surface area (Å²) in [6, 6.07) is 17.6. The number of ether oxygens (including phenoxy) is 1. The van der Waals surface area contributed by atoms with Gasteiger partial charge in [0, 0.05) is 37.8 Å². The van der Waals surface area contributed by atoms with Gasteiger partial charge in [0.05, 0.1) is 6.61 Å². The normalized spacial score (nSPS) is 20.7. The van der Waals surface area contributed by atoms with Crippen LogP contribution in [0.2, 0.25) is 0 Å². The van der Waals surface area contributed by atoms with Crippen LogP contribution in [0.4, 0.5) is 5.69 Å². The van der Waals surface area contributed by atoms with Crippen molar-refractivity contribution in [3.8, 4) is 5.75 Å². The second-order valence-corrected chi connectivity index (χ2v) is 6.60. The highest BCUT2D eigenvalue weighted by Crippen LogP contribution is 2.28. The molecule has 1 N–H and O–H groups in total. The van der Waals surface area contributed by atoms with Gasteiger partial charge in [-0.3, -0.25) is 0 Å². The molecule has 120 valence electrons. The van der Waals surface area contributed by atoms with Gasteiger partial charge >= 0.3 is 0 Å². The molecule has 0 aliphatic carbocycles. The Morgan fingerprint density at radius 1 is 1.00 bits per heavy atom. The van der Waals surface area contributed by atoms with Crippen molar-refractivity contribution in [3.63, 3.8) is 0 Å². The Kier molecular flexibility index (Phi) is 4.20. The van der Waals surface area contributed by atoms with Crippen molar-refractivity contribution < 1.29 is 4.74 Å². The van der Waals surface area contributed by atoms with Crippen molar-refractivity contribution in [2.75, 3.05) is 37.7 Å². The fourth-order valence-corrected chi connectivity index (χ4v) is 3.62. The summed E-state index contributed by atoms with van der Waals surface area (Å²) in [4.78, 5) is 2.46. The first-order valence-electron chi connectivity index (χ1n) is 8.64. The van der Waals surface area contributed by atoms with Crippen LogP contribution in [0.1, 0.15) is 11.1 Å². The molecule has 0 radical (unpaired) electrons. The van der Waals surface area contributed by atoms with Crippen LogP contribution in [0.25, 0.3) is 0 Å². The third kappa shape index (κ3) is 3.35. The lowest BCUT2D eigenvalue weighted by atomic mass is 9.91. The van der Waals surface area contributed by atoms with Crippen LogP contribution in [0, 0.1) is 5.92 Å². The Balaban J connectivity index is 1.40. The van der Waals surface area contributed by atoms with Gasteiger partial charge in [-0.05, 0) is 42.2 Å². The maximum Gasteiger partial charge on any atom is 0.122 e. The molecule has 2 aromatic rings. The van der Waals surface area contributed by atoms with Crippen LogP contribution in [0.3, 0.4) is 0 Å². The van der Waals surface area contributed by atoms with Crippen LogP contribution in [-0.2, 0) is 12.8 Å². The van der Waals surface area contributed by atoms with E-state index in [-0.39, 0.29) is 0 Å².